The monoisotopic (exact) mass is 325 g/mol. The number of aliphatic hydroxyl groups is 1. The van der Waals surface area contributed by atoms with Crippen molar-refractivity contribution in [2.75, 3.05) is 20.2 Å². The highest BCUT2D eigenvalue weighted by Gasteiger charge is 2.30. The summed E-state index contributed by atoms with van der Waals surface area (Å²) < 4.78 is 6.63. The third kappa shape index (κ3) is 3.24. The minimum atomic E-state index is -0.893. The van der Waals surface area contributed by atoms with Gasteiger partial charge in [0.1, 0.15) is 5.75 Å². The summed E-state index contributed by atoms with van der Waals surface area (Å²) >= 11 is 0. The van der Waals surface area contributed by atoms with Crippen LogP contribution in [-0.2, 0) is 6.54 Å². The van der Waals surface area contributed by atoms with Gasteiger partial charge in [0.15, 0.2) is 0 Å². The maximum atomic E-state index is 12.5. The molecular weight excluding hydrogens is 306 g/mol. The molecule has 2 heterocycles. The minimum absolute atomic E-state index is 0. The van der Waals surface area contributed by atoms with Gasteiger partial charge in [-0.3, -0.25) is 9.36 Å². The molecule has 2 N–H and O–H groups in total. The summed E-state index contributed by atoms with van der Waals surface area (Å²) in [5.74, 6) is 0.622. The zero-order chi connectivity index (χ0) is 14.9. The lowest BCUT2D eigenvalue weighted by atomic mass is 9.94. The molecule has 0 aliphatic carbocycles. The molecule has 1 atom stereocenters. The first-order chi connectivity index (χ1) is 10.1. The van der Waals surface area contributed by atoms with Crippen molar-refractivity contribution >= 4 is 23.3 Å². The lowest BCUT2D eigenvalue weighted by Gasteiger charge is -2.32. The van der Waals surface area contributed by atoms with Gasteiger partial charge in [0.05, 0.1) is 36.5 Å². The Morgan fingerprint density at radius 3 is 3.00 bits per heavy atom. The standard InChI is InChI=1S/C15H19N3O3.ClH/c1-21-11-3-4-13-12(7-11)14(19)18(10-17-13)9-15(20)5-2-6-16-8-15;/h3-4,7,10,16,20H,2,5-6,8-9H2,1H3;1H. The van der Waals surface area contributed by atoms with Gasteiger partial charge in [0.25, 0.3) is 5.56 Å². The van der Waals surface area contributed by atoms with Crippen molar-refractivity contribution in [3.05, 3.63) is 34.9 Å². The van der Waals surface area contributed by atoms with Crippen molar-refractivity contribution in [1.29, 1.82) is 0 Å². The number of nitrogens with zero attached hydrogens (tertiary/aromatic N) is 2. The number of hydrogen-bond acceptors (Lipinski definition) is 5. The van der Waals surface area contributed by atoms with E-state index in [0.717, 1.165) is 13.0 Å². The van der Waals surface area contributed by atoms with Gasteiger partial charge < -0.3 is 15.2 Å². The Morgan fingerprint density at radius 1 is 1.50 bits per heavy atom. The zero-order valence-electron chi connectivity index (χ0n) is 12.4. The number of hydrogen-bond donors (Lipinski definition) is 2. The molecule has 0 spiro atoms. The summed E-state index contributed by atoms with van der Waals surface area (Å²) in [5.41, 5.74) is -0.417. The number of piperidine rings is 1. The largest absolute Gasteiger partial charge is 0.497 e. The van der Waals surface area contributed by atoms with Crippen LogP contribution in [0, 0.1) is 0 Å². The molecule has 2 aromatic rings. The molecule has 1 aliphatic heterocycles. The highest BCUT2D eigenvalue weighted by molar-refractivity contribution is 5.85. The van der Waals surface area contributed by atoms with E-state index in [1.807, 2.05) is 0 Å². The van der Waals surface area contributed by atoms with Crippen LogP contribution in [0.2, 0.25) is 0 Å². The number of halogens is 1. The molecule has 6 nitrogen and oxygen atoms in total. The van der Waals surface area contributed by atoms with Crippen molar-refractivity contribution in [3.8, 4) is 5.75 Å². The van der Waals surface area contributed by atoms with Gasteiger partial charge in [0, 0.05) is 6.54 Å². The molecule has 0 bridgehead atoms. The van der Waals surface area contributed by atoms with Gasteiger partial charge >= 0.3 is 0 Å². The predicted molar refractivity (Wildman–Crippen MR) is 86.9 cm³/mol. The average molecular weight is 326 g/mol. The molecule has 120 valence electrons. The normalized spacial score (nSPS) is 21.4. The molecule has 3 rings (SSSR count). The summed E-state index contributed by atoms with van der Waals surface area (Å²) in [6.45, 7) is 1.65. The molecular formula is C15H20ClN3O3. The Morgan fingerprint density at radius 2 is 2.32 bits per heavy atom. The maximum absolute atomic E-state index is 12.5. The lowest BCUT2D eigenvalue weighted by Crippen LogP contribution is -2.49. The Kier molecular flexibility index (Phi) is 5.05. The number of aromatic nitrogens is 2. The first kappa shape index (κ1) is 16.7. The fraction of sp³-hybridized carbons (Fsp3) is 0.467. The zero-order valence-corrected chi connectivity index (χ0v) is 13.2. The second-order valence-electron chi connectivity index (χ2n) is 5.57. The van der Waals surface area contributed by atoms with Crippen molar-refractivity contribution < 1.29 is 9.84 Å². The van der Waals surface area contributed by atoms with Crippen LogP contribution in [0.5, 0.6) is 5.75 Å². The van der Waals surface area contributed by atoms with Crippen molar-refractivity contribution in [2.24, 2.45) is 0 Å². The highest BCUT2D eigenvalue weighted by atomic mass is 35.5. The molecule has 0 amide bonds. The molecule has 0 saturated carbocycles. The van der Waals surface area contributed by atoms with Gasteiger partial charge in [-0.2, -0.15) is 0 Å². The third-order valence-electron chi connectivity index (χ3n) is 3.95. The smallest absolute Gasteiger partial charge is 0.261 e. The molecule has 1 aliphatic rings. The fourth-order valence-corrected chi connectivity index (χ4v) is 2.78. The molecule has 0 radical (unpaired) electrons. The number of β-amino-alcohol motifs (C(OH)–C–C–N with tert-alkyl or cyclic N) is 1. The molecule has 1 fully saturated rings. The first-order valence-electron chi connectivity index (χ1n) is 7.08. The van der Waals surface area contributed by atoms with E-state index in [9.17, 15) is 9.90 Å². The van der Waals surface area contributed by atoms with Crippen LogP contribution in [0.3, 0.4) is 0 Å². The van der Waals surface area contributed by atoms with Crippen LogP contribution in [-0.4, -0.2) is 40.5 Å². The number of methoxy groups -OCH3 is 1. The van der Waals surface area contributed by atoms with E-state index in [0.29, 0.717) is 29.6 Å². The van der Waals surface area contributed by atoms with E-state index in [1.165, 1.54) is 10.9 Å². The summed E-state index contributed by atoms with van der Waals surface area (Å²) in [6.07, 6.45) is 3.09. The Balaban J connectivity index is 0.00000176. The van der Waals surface area contributed by atoms with Gasteiger partial charge in [-0.15, -0.1) is 12.4 Å². The predicted octanol–water partition coefficient (Wildman–Crippen LogP) is 0.941. The number of ether oxygens (including phenoxy) is 1. The summed E-state index contributed by atoms with van der Waals surface area (Å²) in [7, 11) is 1.56. The van der Waals surface area contributed by atoms with Crippen molar-refractivity contribution in [2.45, 2.75) is 25.0 Å². The van der Waals surface area contributed by atoms with Crippen LogP contribution in [0.1, 0.15) is 12.8 Å². The van der Waals surface area contributed by atoms with Crippen molar-refractivity contribution in [1.82, 2.24) is 14.9 Å². The van der Waals surface area contributed by atoms with Gasteiger partial charge in [-0.1, -0.05) is 0 Å². The number of nitrogens with one attached hydrogen (secondary N) is 1. The Hall–Kier alpha value is -1.63. The first-order valence-corrected chi connectivity index (χ1v) is 7.08. The second kappa shape index (κ2) is 6.64. The number of fused-ring (bicyclic) bond motifs is 1. The Labute approximate surface area is 134 Å². The molecule has 7 heteroatoms. The van der Waals surface area contributed by atoms with E-state index >= 15 is 0 Å². The van der Waals surface area contributed by atoms with E-state index < -0.39 is 5.60 Å². The van der Waals surface area contributed by atoms with E-state index in [1.54, 1.807) is 25.3 Å². The highest BCUT2D eigenvalue weighted by Crippen LogP contribution is 2.19. The molecule has 1 saturated heterocycles. The van der Waals surface area contributed by atoms with Crippen LogP contribution < -0.4 is 15.6 Å². The van der Waals surface area contributed by atoms with Crippen LogP contribution in [0.4, 0.5) is 0 Å². The van der Waals surface area contributed by atoms with Gasteiger partial charge in [-0.25, -0.2) is 4.98 Å². The molecule has 22 heavy (non-hydrogen) atoms. The number of benzene rings is 1. The molecule has 1 unspecified atom stereocenters. The summed E-state index contributed by atoms with van der Waals surface area (Å²) in [5, 5.41) is 14.2. The maximum Gasteiger partial charge on any atom is 0.261 e. The van der Waals surface area contributed by atoms with Crippen molar-refractivity contribution in [3.63, 3.8) is 0 Å². The summed E-state index contributed by atoms with van der Waals surface area (Å²) in [4.78, 5) is 16.8. The third-order valence-corrected chi connectivity index (χ3v) is 3.95. The summed E-state index contributed by atoms with van der Waals surface area (Å²) in [6, 6.07) is 5.22. The minimum Gasteiger partial charge on any atom is -0.497 e. The Bertz CT molecular complexity index is 711. The van der Waals surface area contributed by atoms with Crippen LogP contribution in [0.15, 0.2) is 29.3 Å². The van der Waals surface area contributed by atoms with E-state index in [4.69, 9.17) is 4.74 Å². The van der Waals surface area contributed by atoms with Crippen LogP contribution in [0.25, 0.3) is 10.9 Å². The quantitative estimate of drug-likeness (QED) is 0.878. The SMILES string of the molecule is COc1ccc2ncn(CC3(O)CCCNC3)c(=O)c2c1.Cl. The fourth-order valence-electron chi connectivity index (χ4n) is 2.78. The second-order valence-corrected chi connectivity index (χ2v) is 5.57. The van der Waals surface area contributed by atoms with E-state index in [2.05, 4.69) is 10.3 Å². The molecule has 1 aromatic carbocycles. The number of rotatable bonds is 3. The van der Waals surface area contributed by atoms with Gasteiger partial charge in [0.2, 0.25) is 0 Å². The topological polar surface area (TPSA) is 76.4 Å². The van der Waals surface area contributed by atoms with E-state index in [-0.39, 0.29) is 24.5 Å². The average Bonchev–Trinajstić information content (AvgIpc) is 2.50. The van der Waals surface area contributed by atoms with Gasteiger partial charge in [-0.05, 0) is 37.6 Å². The van der Waals surface area contributed by atoms with Crippen LogP contribution >= 0.6 is 12.4 Å². The molecule has 1 aromatic heterocycles. The lowest BCUT2D eigenvalue weighted by molar-refractivity contribution is -0.000246.